The second kappa shape index (κ2) is 8.24. The monoisotopic (exact) mass is 458 g/mol. The van der Waals surface area contributed by atoms with Crippen molar-refractivity contribution in [3.05, 3.63) is 66.1 Å². The molecule has 2 aromatic heterocycles. The van der Waals surface area contributed by atoms with Gasteiger partial charge in [0.25, 0.3) is 5.89 Å². The maximum absolute atomic E-state index is 12.3. The van der Waals surface area contributed by atoms with Crippen LogP contribution < -0.4 is 9.47 Å². The SMILES string of the molecule is COc1ccc([C@@H]2Cn3cnc(-c4nc(-c5ccc(OC(F)(F)F)cc5)no4)c3CO2)cc1. The average Bonchev–Trinajstić information content (AvgIpc) is 3.45. The molecule has 3 heterocycles. The molecule has 1 aliphatic heterocycles. The minimum Gasteiger partial charge on any atom is -0.497 e. The molecule has 2 aromatic carbocycles. The van der Waals surface area contributed by atoms with Crippen LogP contribution in [-0.2, 0) is 17.9 Å². The van der Waals surface area contributed by atoms with Crippen LogP contribution in [0.1, 0.15) is 17.4 Å². The van der Waals surface area contributed by atoms with Gasteiger partial charge in [0.1, 0.15) is 17.6 Å². The topological polar surface area (TPSA) is 84.4 Å². The Labute approximate surface area is 185 Å². The summed E-state index contributed by atoms with van der Waals surface area (Å²) in [5.74, 6) is 0.857. The lowest BCUT2D eigenvalue weighted by Gasteiger charge is -2.25. The summed E-state index contributed by atoms with van der Waals surface area (Å²) in [7, 11) is 1.62. The van der Waals surface area contributed by atoms with Crippen molar-refractivity contribution in [2.45, 2.75) is 25.6 Å². The Kier molecular flexibility index (Phi) is 5.25. The molecule has 4 aromatic rings. The Morgan fingerprint density at radius 3 is 2.45 bits per heavy atom. The number of methoxy groups -OCH3 is 1. The first-order chi connectivity index (χ1) is 15.9. The number of halogens is 3. The summed E-state index contributed by atoms with van der Waals surface area (Å²) in [5.41, 5.74) is 2.79. The molecule has 0 unspecified atom stereocenters. The van der Waals surface area contributed by atoms with E-state index in [0.717, 1.165) is 17.0 Å². The first-order valence-electron chi connectivity index (χ1n) is 9.89. The smallest absolute Gasteiger partial charge is 0.497 e. The highest BCUT2D eigenvalue weighted by molar-refractivity contribution is 5.59. The fourth-order valence-electron chi connectivity index (χ4n) is 3.57. The lowest BCUT2D eigenvalue weighted by atomic mass is 10.1. The number of rotatable bonds is 5. The molecule has 1 aliphatic rings. The number of fused-ring (bicyclic) bond motifs is 1. The maximum atomic E-state index is 12.3. The second-order valence-electron chi connectivity index (χ2n) is 7.26. The van der Waals surface area contributed by atoms with E-state index in [1.54, 1.807) is 13.4 Å². The molecule has 11 heteroatoms. The highest BCUT2D eigenvalue weighted by Gasteiger charge is 2.31. The number of hydrogen-bond acceptors (Lipinski definition) is 7. The van der Waals surface area contributed by atoms with Crippen molar-refractivity contribution in [3.8, 4) is 34.5 Å². The molecule has 0 saturated carbocycles. The van der Waals surface area contributed by atoms with Crippen LogP contribution in [0.15, 0.2) is 59.4 Å². The highest BCUT2D eigenvalue weighted by Crippen LogP contribution is 2.33. The van der Waals surface area contributed by atoms with Gasteiger partial charge in [-0.25, -0.2) is 4.98 Å². The van der Waals surface area contributed by atoms with Crippen LogP contribution in [0.25, 0.3) is 23.0 Å². The zero-order valence-corrected chi connectivity index (χ0v) is 17.2. The molecule has 0 aliphatic carbocycles. The first-order valence-corrected chi connectivity index (χ1v) is 9.89. The zero-order chi connectivity index (χ0) is 23.0. The molecule has 1 atom stereocenters. The van der Waals surface area contributed by atoms with Gasteiger partial charge in [0, 0.05) is 5.56 Å². The molecular weight excluding hydrogens is 441 g/mol. The Balaban J connectivity index is 1.33. The van der Waals surface area contributed by atoms with Crippen molar-refractivity contribution in [1.29, 1.82) is 0 Å². The molecule has 0 N–H and O–H groups in total. The predicted octanol–water partition coefficient (Wildman–Crippen LogP) is 4.78. The first kappa shape index (κ1) is 21.0. The van der Waals surface area contributed by atoms with Gasteiger partial charge in [-0.2, -0.15) is 4.98 Å². The Hall–Kier alpha value is -3.86. The van der Waals surface area contributed by atoms with Crippen LogP contribution in [-0.4, -0.2) is 33.2 Å². The second-order valence-corrected chi connectivity index (χ2v) is 7.26. The summed E-state index contributed by atoms with van der Waals surface area (Å²) in [6, 6.07) is 12.9. The molecule has 0 spiro atoms. The van der Waals surface area contributed by atoms with Gasteiger partial charge in [0.15, 0.2) is 5.69 Å². The summed E-state index contributed by atoms with van der Waals surface area (Å²) < 4.78 is 59.4. The molecule has 170 valence electrons. The van der Waals surface area contributed by atoms with E-state index in [0.29, 0.717) is 24.4 Å². The Bertz CT molecular complexity index is 1250. The van der Waals surface area contributed by atoms with E-state index in [1.165, 1.54) is 24.3 Å². The largest absolute Gasteiger partial charge is 0.573 e. The summed E-state index contributed by atoms with van der Waals surface area (Å²) >= 11 is 0. The van der Waals surface area contributed by atoms with Crippen LogP contribution in [0.2, 0.25) is 0 Å². The summed E-state index contributed by atoms with van der Waals surface area (Å²) in [5, 5.41) is 3.92. The summed E-state index contributed by atoms with van der Waals surface area (Å²) in [6.45, 7) is 0.865. The number of hydrogen-bond donors (Lipinski definition) is 0. The van der Waals surface area contributed by atoms with Crippen LogP contribution in [0.5, 0.6) is 11.5 Å². The van der Waals surface area contributed by atoms with E-state index in [-0.39, 0.29) is 23.6 Å². The third-order valence-corrected chi connectivity index (χ3v) is 5.19. The molecule has 0 radical (unpaired) electrons. The Morgan fingerprint density at radius 2 is 1.76 bits per heavy atom. The fraction of sp³-hybridized carbons (Fsp3) is 0.227. The molecule has 0 bridgehead atoms. The molecule has 0 saturated heterocycles. The van der Waals surface area contributed by atoms with Crippen molar-refractivity contribution in [1.82, 2.24) is 19.7 Å². The van der Waals surface area contributed by atoms with E-state index in [4.69, 9.17) is 14.0 Å². The van der Waals surface area contributed by atoms with Gasteiger partial charge in [-0.3, -0.25) is 0 Å². The van der Waals surface area contributed by atoms with Crippen LogP contribution in [0.4, 0.5) is 13.2 Å². The van der Waals surface area contributed by atoms with E-state index in [9.17, 15) is 13.2 Å². The molecule has 33 heavy (non-hydrogen) atoms. The van der Waals surface area contributed by atoms with Gasteiger partial charge >= 0.3 is 6.36 Å². The summed E-state index contributed by atoms with van der Waals surface area (Å²) in [4.78, 5) is 8.75. The van der Waals surface area contributed by atoms with Gasteiger partial charge in [-0.05, 0) is 42.0 Å². The molecule has 0 fully saturated rings. The van der Waals surface area contributed by atoms with Crippen molar-refractivity contribution < 1.29 is 31.9 Å². The van der Waals surface area contributed by atoms with E-state index < -0.39 is 6.36 Å². The predicted molar refractivity (Wildman–Crippen MR) is 108 cm³/mol. The molecule has 0 amide bonds. The number of ether oxygens (including phenoxy) is 3. The maximum Gasteiger partial charge on any atom is 0.573 e. The van der Waals surface area contributed by atoms with Crippen LogP contribution >= 0.6 is 0 Å². The lowest BCUT2D eigenvalue weighted by molar-refractivity contribution is -0.274. The van der Waals surface area contributed by atoms with Gasteiger partial charge in [0.2, 0.25) is 5.82 Å². The van der Waals surface area contributed by atoms with E-state index in [1.807, 2.05) is 28.8 Å². The van der Waals surface area contributed by atoms with E-state index in [2.05, 4.69) is 19.9 Å². The van der Waals surface area contributed by atoms with Crippen LogP contribution in [0.3, 0.4) is 0 Å². The lowest BCUT2D eigenvalue weighted by Crippen LogP contribution is -2.20. The van der Waals surface area contributed by atoms with Gasteiger partial charge in [0.05, 0.1) is 32.3 Å². The number of imidazole rings is 1. The normalized spacial score (nSPS) is 15.8. The molecule has 5 rings (SSSR count). The fourth-order valence-corrected chi connectivity index (χ4v) is 3.57. The van der Waals surface area contributed by atoms with Crippen molar-refractivity contribution >= 4 is 0 Å². The standard InChI is InChI=1S/C22H17F3N4O4/c1-30-15-6-2-13(3-7-15)18-10-29-12-26-19(17(29)11-31-18)21-27-20(28-33-21)14-4-8-16(9-5-14)32-22(23,24)25/h2-9,12,18H,10-11H2,1H3/t18-/m0/s1. The quantitative estimate of drug-likeness (QED) is 0.426. The third kappa shape index (κ3) is 4.40. The van der Waals surface area contributed by atoms with E-state index >= 15 is 0 Å². The number of alkyl halides is 3. The van der Waals surface area contributed by atoms with Gasteiger partial charge in [-0.15, -0.1) is 13.2 Å². The van der Waals surface area contributed by atoms with Crippen molar-refractivity contribution in [2.24, 2.45) is 0 Å². The van der Waals surface area contributed by atoms with Crippen molar-refractivity contribution in [3.63, 3.8) is 0 Å². The van der Waals surface area contributed by atoms with Crippen molar-refractivity contribution in [2.75, 3.05) is 7.11 Å². The summed E-state index contributed by atoms with van der Waals surface area (Å²) in [6.07, 6.45) is -3.20. The minimum atomic E-state index is -4.75. The molecular formula is C22H17F3N4O4. The molecule has 8 nitrogen and oxygen atoms in total. The average molecular weight is 458 g/mol. The van der Waals surface area contributed by atoms with Gasteiger partial charge < -0.3 is 23.3 Å². The number of benzene rings is 2. The minimum absolute atomic E-state index is 0.138. The highest BCUT2D eigenvalue weighted by atomic mass is 19.4. The number of nitrogens with zero attached hydrogens (tertiary/aromatic N) is 4. The Morgan fingerprint density at radius 1 is 1.03 bits per heavy atom. The van der Waals surface area contributed by atoms with Gasteiger partial charge in [-0.1, -0.05) is 17.3 Å². The third-order valence-electron chi connectivity index (χ3n) is 5.19. The zero-order valence-electron chi connectivity index (χ0n) is 17.2. The number of aromatic nitrogens is 4. The van der Waals surface area contributed by atoms with Crippen LogP contribution in [0, 0.1) is 0 Å².